The second kappa shape index (κ2) is 9.11. The highest BCUT2D eigenvalue weighted by Gasteiger charge is 2.39. The lowest BCUT2D eigenvalue weighted by Crippen LogP contribution is -2.32. The molecule has 4 rings (SSSR count). The number of benzene rings is 2. The Morgan fingerprint density at radius 2 is 1.72 bits per heavy atom. The molecule has 1 N–H and O–H groups in total. The number of rotatable bonds is 7. The van der Waals surface area contributed by atoms with Crippen LogP contribution in [0.1, 0.15) is 11.1 Å². The molecule has 8 heteroatoms. The smallest absolute Gasteiger partial charge is 0.278 e. The fraction of sp³-hybridized carbons (Fsp3) is 0.125. The fourth-order valence-electron chi connectivity index (χ4n) is 3.45. The Morgan fingerprint density at radius 1 is 0.969 bits per heavy atom. The zero-order chi connectivity index (χ0) is 22.7. The summed E-state index contributed by atoms with van der Waals surface area (Å²) in [5, 5.41) is 3.64. The quantitative estimate of drug-likeness (QED) is 0.546. The predicted molar refractivity (Wildman–Crippen MR) is 121 cm³/mol. The van der Waals surface area contributed by atoms with E-state index in [0.717, 1.165) is 5.56 Å². The van der Waals surface area contributed by atoms with E-state index in [2.05, 4.69) is 10.3 Å². The third kappa shape index (κ3) is 4.15. The van der Waals surface area contributed by atoms with Gasteiger partial charge in [0, 0.05) is 29.2 Å². The fourth-order valence-corrected chi connectivity index (χ4v) is 3.58. The highest BCUT2D eigenvalue weighted by atomic mass is 35.5. The van der Waals surface area contributed by atoms with Crippen molar-refractivity contribution < 1.29 is 19.1 Å². The number of aromatic nitrogens is 1. The van der Waals surface area contributed by atoms with Crippen molar-refractivity contribution in [3.05, 3.63) is 88.8 Å². The average molecular weight is 450 g/mol. The number of anilines is 1. The summed E-state index contributed by atoms with van der Waals surface area (Å²) >= 11 is 6.02. The standard InChI is InChI=1S/C24H20ClN3O4/c1-31-19-10-9-18(12-20(19)32-2)27-22-21(16-5-7-17(25)8-6-16)23(29)28(24(22)30)14-15-4-3-11-26-13-15/h3-13,27H,14H2,1-2H3. The summed E-state index contributed by atoms with van der Waals surface area (Å²) in [5.74, 6) is 0.217. The van der Waals surface area contributed by atoms with Crippen LogP contribution in [0.2, 0.25) is 5.02 Å². The monoisotopic (exact) mass is 449 g/mol. The number of pyridine rings is 1. The molecule has 0 radical (unpaired) electrons. The topological polar surface area (TPSA) is 80.8 Å². The summed E-state index contributed by atoms with van der Waals surface area (Å²) in [6.07, 6.45) is 3.26. The van der Waals surface area contributed by atoms with Gasteiger partial charge in [-0.15, -0.1) is 0 Å². The molecule has 1 aliphatic rings. The van der Waals surface area contributed by atoms with Gasteiger partial charge in [-0.25, -0.2) is 0 Å². The van der Waals surface area contributed by atoms with Crippen LogP contribution in [0.4, 0.5) is 5.69 Å². The minimum absolute atomic E-state index is 0.111. The van der Waals surface area contributed by atoms with Gasteiger partial charge >= 0.3 is 0 Å². The van der Waals surface area contributed by atoms with Crippen LogP contribution >= 0.6 is 11.6 Å². The van der Waals surface area contributed by atoms with Gasteiger partial charge in [-0.2, -0.15) is 0 Å². The molecule has 2 heterocycles. The van der Waals surface area contributed by atoms with Crippen LogP contribution in [0.3, 0.4) is 0 Å². The van der Waals surface area contributed by atoms with Gasteiger partial charge in [-0.1, -0.05) is 29.8 Å². The molecule has 32 heavy (non-hydrogen) atoms. The van der Waals surface area contributed by atoms with Crippen molar-refractivity contribution in [2.45, 2.75) is 6.54 Å². The lowest BCUT2D eigenvalue weighted by atomic mass is 10.0. The number of methoxy groups -OCH3 is 2. The van der Waals surface area contributed by atoms with Crippen molar-refractivity contribution in [1.29, 1.82) is 0 Å². The lowest BCUT2D eigenvalue weighted by molar-refractivity contribution is -0.137. The molecule has 1 aromatic heterocycles. The lowest BCUT2D eigenvalue weighted by Gasteiger charge is -2.15. The highest BCUT2D eigenvalue weighted by molar-refractivity contribution is 6.36. The van der Waals surface area contributed by atoms with E-state index in [1.807, 2.05) is 6.07 Å². The van der Waals surface area contributed by atoms with Crippen molar-refractivity contribution in [3.63, 3.8) is 0 Å². The Labute approximate surface area is 190 Å². The number of carbonyl (C=O) groups is 2. The molecule has 7 nitrogen and oxygen atoms in total. The molecule has 2 amide bonds. The third-order valence-electron chi connectivity index (χ3n) is 5.02. The average Bonchev–Trinajstić information content (AvgIpc) is 3.04. The molecule has 0 atom stereocenters. The molecule has 0 saturated heterocycles. The minimum atomic E-state index is -0.432. The zero-order valence-corrected chi connectivity index (χ0v) is 18.2. The maximum Gasteiger partial charge on any atom is 0.278 e. The van der Waals surface area contributed by atoms with Crippen LogP contribution < -0.4 is 14.8 Å². The number of amides is 2. The molecule has 0 fully saturated rings. The molecular weight excluding hydrogens is 430 g/mol. The van der Waals surface area contributed by atoms with Gasteiger partial charge in [0.05, 0.1) is 26.3 Å². The van der Waals surface area contributed by atoms with Crippen molar-refractivity contribution in [2.24, 2.45) is 0 Å². The number of hydrogen-bond acceptors (Lipinski definition) is 6. The van der Waals surface area contributed by atoms with Gasteiger partial charge in [0.2, 0.25) is 0 Å². The molecule has 0 bridgehead atoms. The molecule has 0 spiro atoms. The summed E-state index contributed by atoms with van der Waals surface area (Å²) in [6, 6.07) is 15.5. The van der Waals surface area contributed by atoms with Gasteiger partial charge in [-0.3, -0.25) is 19.5 Å². The van der Waals surface area contributed by atoms with Crippen LogP contribution in [0.15, 0.2) is 72.7 Å². The normalized spacial score (nSPS) is 13.5. The molecule has 1 aliphatic heterocycles. The van der Waals surface area contributed by atoms with E-state index < -0.39 is 11.8 Å². The Morgan fingerprint density at radius 3 is 2.38 bits per heavy atom. The molecule has 2 aromatic carbocycles. The van der Waals surface area contributed by atoms with Gasteiger partial charge in [0.25, 0.3) is 11.8 Å². The van der Waals surface area contributed by atoms with Gasteiger partial charge in [-0.05, 0) is 41.5 Å². The number of halogens is 1. The van der Waals surface area contributed by atoms with E-state index in [1.54, 1.807) is 68.0 Å². The number of carbonyl (C=O) groups excluding carboxylic acids is 2. The minimum Gasteiger partial charge on any atom is -0.493 e. The van der Waals surface area contributed by atoms with Crippen LogP contribution in [-0.2, 0) is 16.1 Å². The van der Waals surface area contributed by atoms with E-state index in [4.69, 9.17) is 21.1 Å². The van der Waals surface area contributed by atoms with E-state index >= 15 is 0 Å². The Kier molecular flexibility index (Phi) is 6.09. The molecule has 0 aliphatic carbocycles. The van der Waals surface area contributed by atoms with Gasteiger partial charge in [0.1, 0.15) is 5.70 Å². The number of ether oxygens (including phenoxy) is 2. The highest BCUT2D eigenvalue weighted by Crippen LogP contribution is 2.34. The molecular formula is C24H20ClN3O4. The van der Waals surface area contributed by atoms with E-state index in [1.165, 1.54) is 12.0 Å². The predicted octanol–water partition coefficient (Wildman–Crippen LogP) is 4.14. The second-order valence-electron chi connectivity index (χ2n) is 7.01. The third-order valence-corrected chi connectivity index (χ3v) is 5.27. The van der Waals surface area contributed by atoms with Crippen molar-refractivity contribution >= 4 is 34.7 Å². The number of hydrogen-bond donors (Lipinski definition) is 1. The Hall–Kier alpha value is -3.84. The first-order valence-electron chi connectivity index (χ1n) is 9.76. The first-order valence-corrected chi connectivity index (χ1v) is 10.1. The first-order chi connectivity index (χ1) is 15.5. The summed E-state index contributed by atoms with van der Waals surface area (Å²) in [5.41, 5.74) is 2.36. The summed E-state index contributed by atoms with van der Waals surface area (Å²) in [7, 11) is 3.07. The second-order valence-corrected chi connectivity index (χ2v) is 7.45. The molecule has 0 saturated carbocycles. The van der Waals surface area contributed by atoms with E-state index in [0.29, 0.717) is 27.8 Å². The van der Waals surface area contributed by atoms with E-state index in [9.17, 15) is 9.59 Å². The Bertz CT molecular complexity index is 1190. The maximum absolute atomic E-state index is 13.3. The van der Waals surface area contributed by atoms with Gasteiger partial charge in [0.15, 0.2) is 11.5 Å². The number of nitrogens with zero attached hydrogens (tertiary/aromatic N) is 2. The maximum atomic E-state index is 13.3. The van der Waals surface area contributed by atoms with Crippen LogP contribution in [0.25, 0.3) is 5.57 Å². The van der Waals surface area contributed by atoms with Crippen LogP contribution in [-0.4, -0.2) is 35.9 Å². The van der Waals surface area contributed by atoms with Crippen molar-refractivity contribution in [1.82, 2.24) is 9.88 Å². The summed E-state index contributed by atoms with van der Waals surface area (Å²) in [6.45, 7) is 0.111. The SMILES string of the molecule is COc1ccc(NC2=C(c3ccc(Cl)cc3)C(=O)N(Cc3cccnc3)C2=O)cc1OC. The summed E-state index contributed by atoms with van der Waals surface area (Å²) < 4.78 is 10.6. The van der Waals surface area contributed by atoms with Crippen molar-refractivity contribution in [3.8, 4) is 11.5 Å². The van der Waals surface area contributed by atoms with Crippen LogP contribution in [0.5, 0.6) is 11.5 Å². The number of imide groups is 1. The molecule has 0 unspecified atom stereocenters. The first kappa shape index (κ1) is 21.4. The van der Waals surface area contributed by atoms with Gasteiger partial charge < -0.3 is 14.8 Å². The Balaban J connectivity index is 1.74. The van der Waals surface area contributed by atoms with Crippen molar-refractivity contribution in [2.75, 3.05) is 19.5 Å². The van der Waals surface area contributed by atoms with E-state index in [-0.39, 0.29) is 17.8 Å². The summed E-state index contributed by atoms with van der Waals surface area (Å²) in [4.78, 5) is 31.9. The molecule has 162 valence electrons. The molecule has 3 aromatic rings. The zero-order valence-electron chi connectivity index (χ0n) is 17.5. The number of nitrogens with one attached hydrogen (secondary N) is 1. The van der Waals surface area contributed by atoms with Crippen LogP contribution in [0, 0.1) is 0 Å². The largest absolute Gasteiger partial charge is 0.493 e.